The molecule has 0 bridgehead atoms. The maximum Gasteiger partial charge on any atom is 0.254 e. The minimum Gasteiger partial charge on any atom is -0.504 e. The lowest BCUT2D eigenvalue weighted by Gasteiger charge is -2.37. The van der Waals surface area contributed by atoms with Gasteiger partial charge in [0.15, 0.2) is 0 Å². The van der Waals surface area contributed by atoms with E-state index in [0.29, 0.717) is 0 Å². The fourth-order valence-electron chi connectivity index (χ4n) is 3.32. The number of carbonyl (C=O) groups is 1. The minimum atomic E-state index is 0.119. The van der Waals surface area contributed by atoms with Gasteiger partial charge in [0.1, 0.15) is 0 Å². The molecule has 1 heterocycles. The number of likely N-dealkylation sites (tertiary alicyclic amines) is 1. The van der Waals surface area contributed by atoms with Gasteiger partial charge in [-0.2, -0.15) is 0 Å². The summed E-state index contributed by atoms with van der Waals surface area (Å²) in [6, 6.07) is 20.1. The quantitative estimate of drug-likeness (QED) is 0.795. The van der Waals surface area contributed by atoms with Gasteiger partial charge in [0.05, 0.1) is 13.4 Å². The predicted octanol–water partition coefficient (Wildman–Crippen LogP) is 4.06. The number of piperidine rings is 1. The Kier molecular flexibility index (Phi) is 5.32. The molecule has 1 amide bonds. The van der Waals surface area contributed by atoms with Gasteiger partial charge in [0.2, 0.25) is 0 Å². The predicted molar refractivity (Wildman–Crippen MR) is 95.7 cm³/mol. The molecule has 0 aliphatic carbocycles. The van der Waals surface area contributed by atoms with Gasteiger partial charge in [-0.1, -0.05) is 48.5 Å². The lowest BCUT2D eigenvalue weighted by atomic mass is 9.92. The summed E-state index contributed by atoms with van der Waals surface area (Å²) >= 11 is 0. The summed E-state index contributed by atoms with van der Waals surface area (Å²) in [6.07, 6.45) is 4.43. The summed E-state index contributed by atoms with van der Waals surface area (Å²) < 4.78 is 5.19. The topological polar surface area (TPSA) is 29.5 Å². The number of carbonyl (C=O) groups excluding carboxylic acids is 1. The average Bonchev–Trinajstić information content (AvgIpc) is 2.63. The summed E-state index contributed by atoms with van der Waals surface area (Å²) in [5.41, 5.74) is 3.29. The SMILES string of the molecule is COC=C1CCN(C(=O)c2ccccc2)C(Cc2ccccc2)C1. The summed E-state index contributed by atoms with van der Waals surface area (Å²) in [5.74, 6) is 0.119. The van der Waals surface area contributed by atoms with Gasteiger partial charge in [-0.25, -0.2) is 0 Å². The zero-order valence-corrected chi connectivity index (χ0v) is 14.0. The Balaban J connectivity index is 1.82. The third-order valence-corrected chi connectivity index (χ3v) is 4.49. The van der Waals surface area contributed by atoms with Crippen LogP contribution in [0.15, 0.2) is 72.5 Å². The van der Waals surface area contributed by atoms with E-state index in [1.807, 2.05) is 59.7 Å². The van der Waals surface area contributed by atoms with Crippen LogP contribution in [0.2, 0.25) is 0 Å². The summed E-state index contributed by atoms with van der Waals surface area (Å²) in [7, 11) is 1.68. The summed E-state index contributed by atoms with van der Waals surface area (Å²) in [4.78, 5) is 15.0. The highest BCUT2D eigenvalue weighted by atomic mass is 16.5. The Morgan fingerprint density at radius 1 is 1.12 bits per heavy atom. The molecule has 1 unspecified atom stereocenters. The Labute approximate surface area is 143 Å². The second kappa shape index (κ2) is 7.82. The van der Waals surface area contributed by atoms with Crippen LogP contribution in [0.1, 0.15) is 28.8 Å². The molecule has 1 aliphatic heterocycles. The van der Waals surface area contributed by atoms with Gasteiger partial charge in [-0.05, 0) is 42.5 Å². The highest BCUT2D eigenvalue weighted by Crippen LogP contribution is 2.26. The number of rotatable bonds is 4. The number of methoxy groups -OCH3 is 1. The van der Waals surface area contributed by atoms with Crippen molar-refractivity contribution in [3.05, 3.63) is 83.6 Å². The van der Waals surface area contributed by atoms with Crippen LogP contribution >= 0.6 is 0 Å². The molecular weight excluding hydrogens is 298 g/mol. The Morgan fingerprint density at radius 2 is 1.79 bits per heavy atom. The molecule has 0 saturated carbocycles. The van der Waals surface area contributed by atoms with Gasteiger partial charge >= 0.3 is 0 Å². The lowest BCUT2D eigenvalue weighted by Crippen LogP contribution is -2.45. The maximum atomic E-state index is 12.9. The highest BCUT2D eigenvalue weighted by Gasteiger charge is 2.29. The van der Waals surface area contributed by atoms with Crippen LogP contribution < -0.4 is 0 Å². The minimum absolute atomic E-state index is 0.119. The van der Waals surface area contributed by atoms with Gasteiger partial charge in [-0.3, -0.25) is 4.79 Å². The largest absolute Gasteiger partial charge is 0.504 e. The molecule has 0 aromatic heterocycles. The van der Waals surface area contributed by atoms with E-state index in [4.69, 9.17) is 4.74 Å². The van der Waals surface area contributed by atoms with Crippen LogP contribution in [0.3, 0.4) is 0 Å². The van der Waals surface area contributed by atoms with E-state index in [2.05, 4.69) is 12.1 Å². The molecule has 1 saturated heterocycles. The second-order valence-electron chi connectivity index (χ2n) is 6.17. The third-order valence-electron chi connectivity index (χ3n) is 4.49. The fraction of sp³-hybridized carbons (Fsp3) is 0.286. The number of nitrogens with zero attached hydrogens (tertiary/aromatic N) is 1. The molecule has 1 fully saturated rings. The van der Waals surface area contributed by atoms with E-state index in [1.54, 1.807) is 7.11 Å². The molecule has 0 N–H and O–H groups in total. The number of hydrogen-bond acceptors (Lipinski definition) is 2. The van der Waals surface area contributed by atoms with Gasteiger partial charge in [-0.15, -0.1) is 0 Å². The zero-order valence-electron chi connectivity index (χ0n) is 14.0. The van der Waals surface area contributed by atoms with Crippen LogP contribution in [0.4, 0.5) is 0 Å². The van der Waals surface area contributed by atoms with Crippen molar-refractivity contribution in [2.75, 3.05) is 13.7 Å². The first-order valence-electron chi connectivity index (χ1n) is 8.38. The summed E-state index contributed by atoms with van der Waals surface area (Å²) in [6.45, 7) is 0.737. The van der Waals surface area contributed by atoms with E-state index < -0.39 is 0 Å². The van der Waals surface area contributed by atoms with Crippen molar-refractivity contribution in [2.24, 2.45) is 0 Å². The smallest absolute Gasteiger partial charge is 0.254 e. The Bertz CT molecular complexity index is 694. The van der Waals surface area contributed by atoms with E-state index in [-0.39, 0.29) is 11.9 Å². The monoisotopic (exact) mass is 321 g/mol. The van der Waals surface area contributed by atoms with E-state index in [0.717, 1.165) is 31.4 Å². The first-order chi connectivity index (χ1) is 11.8. The molecule has 124 valence electrons. The zero-order chi connectivity index (χ0) is 16.8. The van der Waals surface area contributed by atoms with Crippen LogP contribution in [0, 0.1) is 0 Å². The van der Waals surface area contributed by atoms with Crippen molar-refractivity contribution >= 4 is 5.91 Å². The second-order valence-corrected chi connectivity index (χ2v) is 6.17. The Hall–Kier alpha value is -2.55. The van der Waals surface area contributed by atoms with Crippen molar-refractivity contribution in [3.8, 4) is 0 Å². The normalized spacial score (nSPS) is 19.3. The molecule has 2 aromatic carbocycles. The Morgan fingerprint density at radius 3 is 2.46 bits per heavy atom. The van der Waals surface area contributed by atoms with E-state index >= 15 is 0 Å². The summed E-state index contributed by atoms with van der Waals surface area (Å²) in [5, 5.41) is 0. The number of benzene rings is 2. The third kappa shape index (κ3) is 3.85. The molecule has 2 aromatic rings. The first-order valence-corrected chi connectivity index (χ1v) is 8.38. The molecule has 1 aliphatic rings. The van der Waals surface area contributed by atoms with Crippen LogP contribution in [0.25, 0.3) is 0 Å². The number of amides is 1. The van der Waals surface area contributed by atoms with Crippen molar-refractivity contribution in [2.45, 2.75) is 25.3 Å². The van der Waals surface area contributed by atoms with Gasteiger partial charge in [0.25, 0.3) is 5.91 Å². The van der Waals surface area contributed by atoms with Crippen molar-refractivity contribution in [3.63, 3.8) is 0 Å². The molecule has 0 radical (unpaired) electrons. The highest BCUT2D eigenvalue weighted by molar-refractivity contribution is 5.94. The lowest BCUT2D eigenvalue weighted by molar-refractivity contribution is 0.0647. The van der Waals surface area contributed by atoms with Crippen LogP contribution in [-0.2, 0) is 11.2 Å². The first kappa shape index (κ1) is 16.3. The van der Waals surface area contributed by atoms with E-state index in [1.165, 1.54) is 11.1 Å². The molecule has 3 nitrogen and oxygen atoms in total. The van der Waals surface area contributed by atoms with Gasteiger partial charge < -0.3 is 9.64 Å². The molecular formula is C21H23NO2. The van der Waals surface area contributed by atoms with Crippen molar-refractivity contribution < 1.29 is 9.53 Å². The van der Waals surface area contributed by atoms with Gasteiger partial charge in [0, 0.05) is 18.2 Å². The average molecular weight is 321 g/mol. The molecule has 3 rings (SSSR count). The van der Waals surface area contributed by atoms with Crippen molar-refractivity contribution in [1.29, 1.82) is 0 Å². The van der Waals surface area contributed by atoms with Crippen LogP contribution in [-0.4, -0.2) is 30.5 Å². The van der Waals surface area contributed by atoms with Crippen LogP contribution in [0.5, 0.6) is 0 Å². The van der Waals surface area contributed by atoms with E-state index in [9.17, 15) is 4.79 Å². The van der Waals surface area contributed by atoms with Crippen molar-refractivity contribution in [1.82, 2.24) is 4.90 Å². The molecule has 1 atom stereocenters. The molecule has 3 heteroatoms. The molecule has 0 spiro atoms. The standard InChI is InChI=1S/C21H23NO2/c1-24-16-18-12-13-22(21(23)19-10-6-3-7-11-19)20(15-18)14-17-8-4-2-5-9-17/h2-11,16,20H,12-15H2,1H3. The maximum absolute atomic E-state index is 12.9. The number of ether oxygens (including phenoxy) is 1. The molecule has 24 heavy (non-hydrogen) atoms. The fourth-order valence-corrected chi connectivity index (χ4v) is 3.32. The number of hydrogen-bond donors (Lipinski definition) is 0.